The summed E-state index contributed by atoms with van der Waals surface area (Å²) in [5, 5.41) is 15.5. The zero-order chi connectivity index (χ0) is 23.8. The summed E-state index contributed by atoms with van der Waals surface area (Å²) in [7, 11) is 0. The van der Waals surface area contributed by atoms with Crippen molar-refractivity contribution in [1.29, 1.82) is 0 Å². The maximum Gasteiger partial charge on any atom is 0.227 e. The summed E-state index contributed by atoms with van der Waals surface area (Å²) in [6.45, 7) is 7.46. The van der Waals surface area contributed by atoms with E-state index in [2.05, 4.69) is 11.8 Å². The van der Waals surface area contributed by atoms with Gasteiger partial charge in [0, 0.05) is 26.2 Å². The quantitative estimate of drug-likeness (QED) is 0.326. The molecule has 182 valence electrons. The van der Waals surface area contributed by atoms with Crippen molar-refractivity contribution in [3.8, 4) is 17.3 Å². The Hall–Kier alpha value is -2.67. The number of unbranched alkanes of at least 4 members (excludes halogenated alkanes) is 1. The minimum atomic E-state index is -0.515. The molecule has 4 rings (SSSR count). The van der Waals surface area contributed by atoms with Gasteiger partial charge in [-0.3, -0.25) is 4.90 Å². The maximum absolute atomic E-state index is 10.7. The molecule has 0 bridgehead atoms. The van der Waals surface area contributed by atoms with Crippen molar-refractivity contribution < 1.29 is 14.6 Å². The Labute approximate surface area is 203 Å². The van der Waals surface area contributed by atoms with E-state index < -0.39 is 6.10 Å². The van der Waals surface area contributed by atoms with E-state index in [1.165, 1.54) is 12.8 Å². The third kappa shape index (κ3) is 6.92. The molecule has 34 heavy (non-hydrogen) atoms. The van der Waals surface area contributed by atoms with Crippen LogP contribution in [0.4, 0.5) is 0 Å². The van der Waals surface area contributed by atoms with Crippen LogP contribution in [0.1, 0.15) is 43.9 Å². The van der Waals surface area contributed by atoms with Gasteiger partial charge < -0.3 is 14.6 Å². The number of aryl methyl sites for hydroxylation is 1. The standard InChI is InChI=1S/C28H37N3O3/c1-3-4-17-33-21-25(32)19-30(18-23-15-16-23)20-27-22(2)29-31(24-11-7-5-8-12-24)28(27)34-26-13-9-6-10-14-26/h5-14,23,25,32H,3-4,15-21H2,1-2H3/t25-/m1/s1. The first-order chi connectivity index (χ1) is 16.6. The fourth-order valence-corrected chi connectivity index (χ4v) is 4.08. The lowest BCUT2D eigenvalue weighted by molar-refractivity contribution is 0.0134. The predicted molar refractivity (Wildman–Crippen MR) is 135 cm³/mol. The summed E-state index contributed by atoms with van der Waals surface area (Å²) >= 11 is 0. The molecule has 0 amide bonds. The van der Waals surface area contributed by atoms with E-state index in [1.807, 2.05) is 72.3 Å². The van der Waals surface area contributed by atoms with Crippen LogP contribution in [-0.4, -0.2) is 52.2 Å². The van der Waals surface area contributed by atoms with Gasteiger partial charge in [0.1, 0.15) is 5.75 Å². The number of ether oxygens (including phenoxy) is 2. The topological polar surface area (TPSA) is 59.8 Å². The highest BCUT2D eigenvalue weighted by molar-refractivity contribution is 5.43. The van der Waals surface area contributed by atoms with Crippen molar-refractivity contribution in [3.05, 3.63) is 71.9 Å². The number of benzene rings is 2. The van der Waals surface area contributed by atoms with Gasteiger partial charge in [-0.25, -0.2) is 4.68 Å². The largest absolute Gasteiger partial charge is 0.439 e. The van der Waals surface area contributed by atoms with E-state index in [0.717, 1.165) is 48.0 Å². The second kappa shape index (κ2) is 12.2. The summed E-state index contributed by atoms with van der Waals surface area (Å²) in [4.78, 5) is 2.34. The van der Waals surface area contributed by atoms with Crippen LogP contribution in [0.15, 0.2) is 60.7 Å². The first-order valence-electron chi connectivity index (χ1n) is 12.5. The zero-order valence-corrected chi connectivity index (χ0v) is 20.4. The number of aliphatic hydroxyl groups excluding tert-OH is 1. The summed E-state index contributed by atoms with van der Waals surface area (Å²) < 4.78 is 14.0. The first kappa shape index (κ1) is 24.5. The molecule has 6 nitrogen and oxygen atoms in total. The average molecular weight is 464 g/mol. The molecule has 1 heterocycles. The molecule has 1 aromatic heterocycles. The Morgan fingerprint density at radius 2 is 1.79 bits per heavy atom. The highest BCUT2D eigenvalue weighted by atomic mass is 16.5. The van der Waals surface area contributed by atoms with E-state index in [1.54, 1.807) is 0 Å². The Bertz CT molecular complexity index is 1000. The van der Waals surface area contributed by atoms with Crippen LogP contribution in [0, 0.1) is 12.8 Å². The number of rotatable bonds is 14. The summed E-state index contributed by atoms with van der Waals surface area (Å²) in [5.74, 6) is 2.21. The van der Waals surface area contributed by atoms with Crippen molar-refractivity contribution in [2.75, 3.05) is 26.3 Å². The van der Waals surface area contributed by atoms with E-state index in [0.29, 0.717) is 32.2 Å². The fourth-order valence-electron chi connectivity index (χ4n) is 4.08. The van der Waals surface area contributed by atoms with Gasteiger partial charge in [-0.05, 0) is 56.4 Å². The average Bonchev–Trinajstić information content (AvgIpc) is 3.62. The minimum Gasteiger partial charge on any atom is -0.439 e. The van der Waals surface area contributed by atoms with Gasteiger partial charge in [-0.2, -0.15) is 5.10 Å². The summed E-state index contributed by atoms with van der Waals surface area (Å²) in [6.07, 6.45) is 4.12. The van der Waals surface area contributed by atoms with E-state index >= 15 is 0 Å². The van der Waals surface area contributed by atoms with E-state index in [-0.39, 0.29) is 0 Å². The van der Waals surface area contributed by atoms with Gasteiger partial charge in [0.05, 0.1) is 29.7 Å². The number of aromatic nitrogens is 2. The summed E-state index contributed by atoms with van der Waals surface area (Å²) in [5.41, 5.74) is 2.94. The van der Waals surface area contributed by atoms with Crippen LogP contribution >= 0.6 is 0 Å². The lowest BCUT2D eigenvalue weighted by atomic mass is 10.2. The van der Waals surface area contributed by atoms with Crippen molar-refractivity contribution >= 4 is 0 Å². The molecule has 0 radical (unpaired) electrons. The van der Waals surface area contributed by atoms with Crippen molar-refractivity contribution in [2.24, 2.45) is 5.92 Å². The SMILES string of the molecule is CCCCOC[C@H](O)CN(Cc1c(C)nn(-c2ccccc2)c1Oc1ccccc1)CC1CC1. The molecule has 1 saturated carbocycles. The molecular weight excluding hydrogens is 426 g/mol. The molecule has 1 fully saturated rings. The number of nitrogens with zero attached hydrogens (tertiary/aromatic N) is 3. The molecule has 0 aliphatic heterocycles. The van der Waals surface area contributed by atoms with Gasteiger partial charge in [0.15, 0.2) is 0 Å². The maximum atomic E-state index is 10.7. The Balaban J connectivity index is 1.57. The molecule has 0 spiro atoms. The fraction of sp³-hybridized carbons (Fsp3) is 0.464. The molecule has 1 aliphatic rings. The Kier molecular flexibility index (Phi) is 8.74. The van der Waals surface area contributed by atoms with Crippen LogP contribution < -0.4 is 4.74 Å². The van der Waals surface area contributed by atoms with Crippen LogP contribution in [-0.2, 0) is 11.3 Å². The highest BCUT2D eigenvalue weighted by Gasteiger charge is 2.28. The monoisotopic (exact) mass is 463 g/mol. The number of hydrogen-bond acceptors (Lipinski definition) is 5. The van der Waals surface area contributed by atoms with Crippen LogP contribution in [0.5, 0.6) is 11.6 Å². The summed E-state index contributed by atoms with van der Waals surface area (Å²) in [6, 6.07) is 19.9. The predicted octanol–water partition coefficient (Wildman–Crippen LogP) is 5.36. The lowest BCUT2D eigenvalue weighted by Crippen LogP contribution is -2.36. The molecule has 1 aliphatic carbocycles. The molecule has 3 aromatic rings. The molecule has 2 aromatic carbocycles. The van der Waals surface area contributed by atoms with E-state index in [4.69, 9.17) is 14.6 Å². The first-order valence-corrected chi connectivity index (χ1v) is 12.5. The van der Waals surface area contributed by atoms with Crippen molar-refractivity contribution in [3.63, 3.8) is 0 Å². The van der Waals surface area contributed by atoms with Gasteiger partial charge in [-0.15, -0.1) is 0 Å². The van der Waals surface area contributed by atoms with Crippen LogP contribution in [0.25, 0.3) is 5.69 Å². The van der Waals surface area contributed by atoms with Crippen LogP contribution in [0.3, 0.4) is 0 Å². The molecule has 0 unspecified atom stereocenters. The van der Waals surface area contributed by atoms with Gasteiger partial charge in [0.2, 0.25) is 5.88 Å². The van der Waals surface area contributed by atoms with Gasteiger partial charge in [-0.1, -0.05) is 49.7 Å². The van der Waals surface area contributed by atoms with Gasteiger partial charge in [0.25, 0.3) is 0 Å². The molecule has 1 N–H and O–H groups in total. The normalized spacial score (nSPS) is 14.5. The minimum absolute atomic E-state index is 0.372. The Morgan fingerprint density at radius 3 is 2.47 bits per heavy atom. The highest BCUT2D eigenvalue weighted by Crippen LogP contribution is 2.34. The Morgan fingerprint density at radius 1 is 1.09 bits per heavy atom. The molecular formula is C28H37N3O3. The number of para-hydroxylation sites is 2. The molecule has 0 saturated heterocycles. The number of aliphatic hydroxyl groups is 1. The van der Waals surface area contributed by atoms with Crippen LogP contribution in [0.2, 0.25) is 0 Å². The second-order valence-electron chi connectivity index (χ2n) is 9.25. The lowest BCUT2D eigenvalue weighted by Gasteiger charge is -2.25. The second-order valence-corrected chi connectivity index (χ2v) is 9.25. The third-order valence-electron chi connectivity index (χ3n) is 6.11. The number of hydrogen-bond donors (Lipinski definition) is 1. The smallest absolute Gasteiger partial charge is 0.227 e. The molecule has 1 atom stereocenters. The van der Waals surface area contributed by atoms with E-state index in [9.17, 15) is 5.11 Å². The van der Waals surface area contributed by atoms with Crippen molar-refractivity contribution in [2.45, 2.75) is 52.2 Å². The molecule has 6 heteroatoms. The van der Waals surface area contributed by atoms with Gasteiger partial charge >= 0.3 is 0 Å². The van der Waals surface area contributed by atoms with Crippen molar-refractivity contribution in [1.82, 2.24) is 14.7 Å². The zero-order valence-electron chi connectivity index (χ0n) is 20.4. The third-order valence-corrected chi connectivity index (χ3v) is 6.11.